The van der Waals surface area contributed by atoms with Crippen molar-refractivity contribution in [1.82, 2.24) is 14.6 Å². The van der Waals surface area contributed by atoms with Crippen LogP contribution in [0.2, 0.25) is 0 Å². The Hall–Kier alpha value is -1.33. The largest absolute Gasteiger partial charge is 0.347 e. The van der Waals surface area contributed by atoms with Crippen LogP contribution < -0.4 is 11.4 Å². The van der Waals surface area contributed by atoms with Crippen molar-refractivity contribution < 1.29 is 0 Å². The molecule has 70 valence electrons. The lowest BCUT2D eigenvalue weighted by molar-refractivity contribution is 0.909. The summed E-state index contributed by atoms with van der Waals surface area (Å²) in [4.78, 5) is 11.1. The second-order valence-corrected chi connectivity index (χ2v) is 2.44. The lowest BCUT2D eigenvalue weighted by atomic mass is 10.3. The standard InChI is InChI=1S/C7H8N4O.ClH/c8-4-5-2-1-3-6-9-10-7(12)11(5)6;/h1-3H,4,8H2,(H,10,12);1H. The molecule has 2 aromatic rings. The summed E-state index contributed by atoms with van der Waals surface area (Å²) in [6.45, 7) is 0.330. The Morgan fingerprint density at radius 1 is 1.54 bits per heavy atom. The van der Waals surface area contributed by atoms with Gasteiger partial charge in [-0.3, -0.25) is 0 Å². The van der Waals surface area contributed by atoms with E-state index in [-0.39, 0.29) is 18.1 Å². The highest BCUT2D eigenvalue weighted by atomic mass is 35.5. The zero-order valence-corrected chi connectivity index (χ0v) is 7.54. The lowest BCUT2D eigenvalue weighted by Crippen LogP contribution is -2.15. The first-order chi connectivity index (χ1) is 5.83. The molecule has 13 heavy (non-hydrogen) atoms. The highest BCUT2D eigenvalue weighted by Gasteiger charge is 2.01. The Kier molecular flexibility index (Phi) is 2.69. The van der Waals surface area contributed by atoms with Crippen LogP contribution in [0.25, 0.3) is 5.65 Å². The van der Waals surface area contributed by atoms with Gasteiger partial charge in [-0.1, -0.05) is 6.07 Å². The van der Waals surface area contributed by atoms with Gasteiger partial charge in [-0.15, -0.1) is 12.4 Å². The third-order valence-corrected chi connectivity index (χ3v) is 1.73. The van der Waals surface area contributed by atoms with Crippen LogP contribution >= 0.6 is 12.4 Å². The number of hydrogen-bond acceptors (Lipinski definition) is 3. The second-order valence-electron chi connectivity index (χ2n) is 2.44. The zero-order valence-electron chi connectivity index (χ0n) is 6.73. The number of nitrogens with one attached hydrogen (secondary N) is 1. The molecule has 2 aromatic heterocycles. The van der Waals surface area contributed by atoms with Crippen molar-refractivity contribution in [3.8, 4) is 0 Å². The molecule has 0 aliphatic carbocycles. The van der Waals surface area contributed by atoms with Crippen molar-refractivity contribution >= 4 is 18.1 Å². The minimum absolute atomic E-state index is 0. The van der Waals surface area contributed by atoms with Gasteiger partial charge in [0.05, 0.1) is 0 Å². The van der Waals surface area contributed by atoms with E-state index in [0.29, 0.717) is 12.2 Å². The number of nitrogens with two attached hydrogens (primary N) is 1. The smallest absolute Gasteiger partial charge is 0.325 e. The fourth-order valence-electron chi connectivity index (χ4n) is 1.18. The molecule has 0 atom stereocenters. The fraction of sp³-hybridized carbons (Fsp3) is 0.143. The summed E-state index contributed by atoms with van der Waals surface area (Å²) in [5.74, 6) is 0. The van der Waals surface area contributed by atoms with Gasteiger partial charge in [0.1, 0.15) is 0 Å². The fourth-order valence-corrected chi connectivity index (χ4v) is 1.18. The number of hydrogen-bond donors (Lipinski definition) is 2. The Bertz CT molecular complexity index is 461. The predicted molar refractivity (Wildman–Crippen MR) is 51.0 cm³/mol. The normalized spacial score (nSPS) is 9.92. The minimum Gasteiger partial charge on any atom is -0.325 e. The Morgan fingerprint density at radius 3 is 3.00 bits per heavy atom. The van der Waals surface area contributed by atoms with Crippen molar-refractivity contribution in [2.75, 3.05) is 0 Å². The first kappa shape index (κ1) is 9.76. The molecule has 0 saturated carbocycles. The zero-order chi connectivity index (χ0) is 8.55. The van der Waals surface area contributed by atoms with Gasteiger partial charge in [0.25, 0.3) is 0 Å². The third kappa shape index (κ3) is 1.43. The van der Waals surface area contributed by atoms with E-state index < -0.39 is 0 Å². The number of halogens is 1. The summed E-state index contributed by atoms with van der Waals surface area (Å²) in [6, 6.07) is 5.36. The van der Waals surface area contributed by atoms with E-state index in [1.807, 2.05) is 6.07 Å². The van der Waals surface area contributed by atoms with Gasteiger partial charge in [0.15, 0.2) is 5.65 Å². The molecule has 0 aromatic carbocycles. The molecule has 5 nitrogen and oxygen atoms in total. The van der Waals surface area contributed by atoms with E-state index in [4.69, 9.17) is 5.73 Å². The van der Waals surface area contributed by atoms with E-state index in [1.54, 1.807) is 12.1 Å². The van der Waals surface area contributed by atoms with Crippen molar-refractivity contribution in [3.63, 3.8) is 0 Å². The number of nitrogens with zero attached hydrogens (tertiary/aromatic N) is 2. The second kappa shape index (κ2) is 3.59. The van der Waals surface area contributed by atoms with Gasteiger partial charge in [0.2, 0.25) is 0 Å². The van der Waals surface area contributed by atoms with Gasteiger partial charge in [-0.2, -0.15) is 5.10 Å². The van der Waals surface area contributed by atoms with E-state index in [0.717, 1.165) is 5.69 Å². The molecule has 0 amide bonds. The van der Waals surface area contributed by atoms with Gasteiger partial charge >= 0.3 is 5.69 Å². The summed E-state index contributed by atoms with van der Waals surface area (Å²) < 4.78 is 1.46. The van der Waals surface area contributed by atoms with E-state index in [2.05, 4.69) is 10.2 Å². The Labute approximate surface area is 80.0 Å². The number of fused-ring (bicyclic) bond motifs is 1. The van der Waals surface area contributed by atoms with Crippen LogP contribution in [-0.4, -0.2) is 14.6 Å². The quantitative estimate of drug-likeness (QED) is 0.675. The molecule has 6 heteroatoms. The molecule has 0 bridgehead atoms. The molecule has 2 heterocycles. The number of H-pyrrole nitrogens is 1. The summed E-state index contributed by atoms with van der Waals surface area (Å²) >= 11 is 0. The summed E-state index contributed by atoms with van der Waals surface area (Å²) in [6.07, 6.45) is 0. The summed E-state index contributed by atoms with van der Waals surface area (Å²) in [7, 11) is 0. The average Bonchev–Trinajstić information content (AvgIpc) is 2.48. The number of aromatic nitrogens is 3. The molecular weight excluding hydrogens is 192 g/mol. The van der Waals surface area contributed by atoms with E-state index in [9.17, 15) is 4.79 Å². The predicted octanol–water partition coefficient (Wildman–Crippen LogP) is -0.0969. The van der Waals surface area contributed by atoms with Crippen LogP contribution in [0.15, 0.2) is 23.0 Å². The van der Waals surface area contributed by atoms with E-state index >= 15 is 0 Å². The molecule has 0 unspecified atom stereocenters. The van der Waals surface area contributed by atoms with Crippen LogP contribution in [0.5, 0.6) is 0 Å². The topological polar surface area (TPSA) is 76.2 Å². The monoisotopic (exact) mass is 200 g/mol. The van der Waals surface area contributed by atoms with E-state index in [1.165, 1.54) is 4.40 Å². The minimum atomic E-state index is -0.244. The number of rotatable bonds is 1. The molecule has 0 fully saturated rings. The highest BCUT2D eigenvalue weighted by Crippen LogP contribution is 1.99. The van der Waals surface area contributed by atoms with Gasteiger partial charge in [-0.25, -0.2) is 14.3 Å². The summed E-state index contributed by atoms with van der Waals surface area (Å²) in [5.41, 5.74) is 6.55. The third-order valence-electron chi connectivity index (χ3n) is 1.73. The number of aromatic amines is 1. The van der Waals surface area contributed by atoms with Crippen molar-refractivity contribution in [1.29, 1.82) is 0 Å². The van der Waals surface area contributed by atoms with Crippen LogP contribution in [0.1, 0.15) is 5.69 Å². The molecule has 0 radical (unpaired) electrons. The maximum Gasteiger partial charge on any atom is 0.347 e. The Balaban J connectivity index is 0.000000845. The molecular formula is C7H9ClN4O. The maximum absolute atomic E-state index is 11.1. The Morgan fingerprint density at radius 2 is 2.31 bits per heavy atom. The maximum atomic E-state index is 11.1. The van der Waals surface area contributed by atoms with Gasteiger partial charge in [-0.05, 0) is 12.1 Å². The number of pyridine rings is 1. The summed E-state index contributed by atoms with van der Waals surface area (Å²) in [5, 5.41) is 6.15. The molecule has 2 rings (SSSR count). The van der Waals surface area contributed by atoms with Crippen molar-refractivity contribution in [3.05, 3.63) is 34.4 Å². The first-order valence-electron chi connectivity index (χ1n) is 3.58. The van der Waals surface area contributed by atoms with Crippen LogP contribution in [0, 0.1) is 0 Å². The van der Waals surface area contributed by atoms with Crippen LogP contribution in [-0.2, 0) is 6.54 Å². The molecule has 3 N–H and O–H groups in total. The lowest BCUT2D eigenvalue weighted by Gasteiger charge is -1.97. The first-order valence-corrected chi connectivity index (χ1v) is 3.58. The van der Waals surface area contributed by atoms with Crippen molar-refractivity contribution in [2.45, 2.75) is 6.54 Å². The molecule has 0 saturated heterocycles. The molecule has 0 aliphatic rings. The highest BCUT2D eigenvalue weighted by molar-refractivity contribution is 5.85. The molecule has 0 aliphatic heterocycles. The van der Waals surface area contributed by atoms with Crippen LogP contribution in [0.4, 0.5) is 0 Å². The average molecular weight is 201 g/mol. The SMILES string of the molecule is Cl.NCc1cccc2n[nH]c(=O)n12. The van der Waals surface area contributed by atoms with Crippen LogP contribution in [0.3, 0.4) is 0 Å². The van der Waals surface area contributed by atoms with Gasteiger partial charge in [0, 0.05) is 12.2 Å². The van der Waals surface area contributed by atoms with Gasteiger partial charge < -0.3 is 5.73 Å². The van der Waals surface area contributed by atoms with Crippen molar-refractivity contribution in [2.24, 2.45) is 5.73 Å². The molecule has 0 spiro atoms.